The van der Waals surface area contributed by atoms with Gasteiger partial charge in [0, 0.05) is 17.6 Å². The fourth-order valence-corrected chi connectivity index (χ4v) is 1.88. The van der Waals surface area contributed by atoms with Crippen molar-refractivity contribution in [3.8, 4) is 0 Å². The number of nitrogens with one attached hydrogen (secondary N) is 2. The van der Waals surface area contributed by atoms with Crippen LogP contribution >= 0.6 is 0 Å². The van der Waals surface area contributed by atoms with E-state index in [9.17, 15) is 0 Å². The summed E-state index contributed by atoms with van der Waals surface area (Å²) in [6.45, 7) is 0.742. The average Bonchev–Trinajstić information content (AvgIpc) is 2.87. The van der Waals surface area contributed by atoms with Gasteiger partial charge in [-0.15, -0.1) is 0 Å². The average molecular weight is 238 g/mol. The van der Waals surface area contributed by atoms with Gasteiger partial charge in [-0.1, -0.05) is 30.3 Å². The van der Waals surface area contributed by atoms with Crippen LogP contribution in [0, 0.1) is 0 Å². The van der Waals surface area contributed by atoms with Crippen molar-refractivity contribution < 1.29 is 4.42 Å². The van der Waals surface area contributed by atoms with Gasteiger partial charge in [0.15, 0.2) is 0 Å². The maximum Gasteiger partial charge on any atom is 0.134 e. The van der Waals surface area contributed by atoms with Gasteiger partial charge in [0.1, 0.15) is 5.58 Å². The van der Waals surface area contributed by atoms with Crippen molar-refractivity contribution >= 4 is 16.7 Å². The Bertz CT molecular complexity index is 631. The third-order valence-electron chi connectivity index (χ3n) is 2.82. The Morgan fingerprint density at radius 2 is 1.83 bits per heavy atom. The lowest BCUT2D eigenvalue weighted by Gasteiger charge is -2.08. The van der Waals surface area contributed by atoms with E-state index in [0.29, 0.717) is 0 Å². The van der Waals surface area contributed by atoms with E-state index in [0.717, 1.165) is 23.2 Å². The molecule has 3 aromatic rings. The molecule has 0 amide bonds. The van der Waals surface area contributed by atoms with Crippen LogP contribution in [-0.4, -0.2) is 0 Å². The first-order valence-electron chi connectivity index (χ1n) is 5.92. The fraction of sp³-hybridized carbons (Fsp3) is 0.0667. The Morgan fingerprint density at radius 3 is 2.72 bits per heavy atom. The van der Waals surface area contributed by atoms with Crippen molar-refractivity contribution in [3.05, 3.63) is 66.4 Å². The van der Waals surface area contributed by atoms with Crippen LogP contribution in [0.25, 0.3) is 11.0 Å². The third-order valence-corrected chi connectivity index (χ3v) is 2.82. The van der Waals surface area contributed by atoms with E-state index in [2.05, 4.69) is 29.1 Å². The van der Waals surface area contributed by atoms with Gasteiger partial charge in [-0.3, -0.25) is 0 Å². The normalized spacial score (nSPS) is 10.7. The van der Waals surface area contributed by atoms with Crippen LogP contribution in [0.2, 0.25) is 0 Å². The SMILES string of the molecule is c1ccc(NNCc2ccc3ccoc3c2)cc1. The molecule has 0 spiro atoms. The molecule has 0 radical (unpaired) electrons. The van der Waals surface area contributed by atoms with Crippen LogP contribution in [0.3, 0.4) is 0 Å². The minimum absolute atomic E-state index is 0.742. The van der Waals surface area contributed by atoms with Gasteiger partial charge >= 0.3 is 0 Å². The van der Waals surface area contributed by atoms with E-state index < -0.39 is 0 Å². The number of fused-ring (bicyclic) bond motifs is 1. The number of hydrogen-bond acceptors (Lipinski definition) is 3. The molecule has 0 bridgehead atoms. The van der Waals surface area contributed by atoms with Gasteiger partial charge < -0.3 is 9.84 Å². The van der Waals surface area contributed by atoms with Gasteiger partial charge in [-0.25, -0.2) is 5.43 Å². The van der Waals surface area contributed by atoms with Crippen LogP contribution in [0.1, 0.15) is 5.56 Å². The molecule has 0 saturated carbocycles. The lowest BCUT2D eigenvalue weighted by atomic mass is 10.2. The number of benzene rings is 2. The van der Waals surface area contributed by atoms with Crippen molar-refractivity contribution in [3.63, 3.8) is 0 Å². The number of anilines is 1. The van der Waals surface area contributed by atoms with E-state index >= 15 is 0 Å². The van der Waals surface area contributed by atoms with E-state index in [1.165, 1.54) is 5.56 Å². The first-order valence-corrected chi connectivity index (χ1v) is 5.92. The summed E-state index contributed by atoms with van der Waals surface area (Å²) in [5.41, 5.74) is 9.50. The van der Waals surface area contributed by atoms with Crippen LogP contribution in [0.5, 0.6) is 0 Å². The summed E-state index contributed by atoms with van der Waals surface area (Å²) in [5, 5.41) is 1.13. The van der Waals surface area contributed by atoms with Crippen LogP contribution in [-0.2, 0) is 6.54 Å². The highest BCUT2D eigenvalue weighted by Crippen LogP contribution is 2.16. The monoisotopic (exact) mass is 238 g/mol. The van der Waals surface area contributed by atoms with Crippen LogP contribution in [0.4, 0.5) is 5.69 Å². The summed E-state index contributed by atoms with van der Waals surface area (Å²) < 4.78 is 5.37. The molecule has 2 aromatic carbocycles. The first kappa shape index (κ1) is 10.9. The van der Waals surface area contributed by atoms with Gasteiger partial charge in [-0.2, -0.15) is 0 Å². The van der Waals surface area contributed by atoms with E-state index in [1.54, 1.807) is 6.26 Å². The molecular weight excluding hydrogens is 224 g/mol. The molecule has 0 aliphatic heterocycles. The molecule has 3 heteroatoms. The minimum atomic E-state index is 0.742. The molecule has 0 saturated heterocycles. The third kappa shape index (κ3) is 2.36. The first-order chi connectivity index (χ1) is 8.92. The van der Waals surface area contributed by atoms with Gasteiger partial charge in [0.2, 0.25) is 0 Å². The maximum atomic E-state index is 5.37. The van der Waals surface area contributed by atoms with E-state index in [1.807, 2.05) is 36.4 Å². The summed E-state index contributed by atoms with van der Waals surface area (Å²) >= 11 is 0. The van der Waals surface area contributed by atoms with E-state index in [-0.39, 0.29) is 0 Å². The number of rotatable bonds is 4. The predicted octanol–water partition coefficient (Wildman–Crippen LogP) is 3.55. The molecule has 18 heavy (non-hydrogen) atoms. The molecule has 3 rings (SSSR count). The summed E-state index contributed by atoms with van der Waals surface area (Å²) in [4.78, 5) is 0. The number of hydrazine groups is 1. The smallest absolute Gasteiger partial charge is 0.134 e. The predicted molar refractivity (Wildman–Crippen MR) is 73.1 cm³/mol. The molecular formula is C15H14N2O. The quantitative estimate of drug-likeness (QED) is 0.682. The largest absolute Gasteiger partial charge is 0.464 e. The maximum absolute atomic E-state index is 5.37. The lowest BCUT2D eigenvalue weighted by molar-refractivity contribution is 0.615. The highest BCUT2D eigenvalue weighted by molar-refractivity contribution is 5.77. The standard InChI is InChI=1S/C15H14N2O/c1-2-4-14(5-3-1)17-16-11-12-6-7-13-8-9-18-15(13)10-12/h1-10,16-17H,11H2. The molecule has 3 nitrogen and oxygen atoms in total. The Labute approximate surface area is 105 Å². The number of hydrogen-bond donors (Lipinski definition) is 2. The van der Waals surface area contributed by atoms with Crippen LogP contribution in [0.15, 0.2) is 65.3 Å². The van der Waals surface area contributed by atoms with Gasteiger partial charge in [0.05, 0.1) is 6.26 Å². The molecule has 0 aliphatic carbocycles. The second kappa shape index (κ2) is 4.94. The Hall–Kier alpha value is -2.26. The van der Waals surface area contributed by atoms with E-state index in [4.69, 9.17) is 4.42 Å². The zero-order valence-corrected chi connectivity index (χ0v) is 9.89. The van der Waals surface area contributed by atoms with Crippen LogP contribution < -0.4 is 10.9 Å². The van der Waals surface area contributed by atoms with Crippen molar-refractivity contribution in [2.75, 3.05) is 5.43 Å². The highest BCUT2D eigenvalue weighted by Gasteiger charge is 1.98. The number of furan rings is 1. The highest BCUT2D eigenvalue weighted by atomic mass is 16.3. The Balaban J connectivity index is 1.62. The van der Waals surface area contributed by atoms with Crippen molar-refractivity contribution in [1.82, 2.24) is 5.43 Å². The Morgan fingerprint density at radius 1 is 0.944 bits per heavy atom. The second-order valence-corrected chi connectivity index (χ2v) is 4.14. The molecule has 0 aliphatic rings. The molecule has 1 heterocycles. The van der Waals surface area contributed by atoms with Crippen molar-refractivity contribution in [2.24, 2.45) is 0 Å². The summed E-state index contributed by atoms with van der Waals surface area (Å²) in [7, 11) is 0. The van der Waals surface area contributed by atoms with Crippen molar-refractivity contribution in [1.29, 1.82) is 0 Å². The molecule has 1 aromatic heterocycles. The van der Waals surface area contributed by atoms with Crippen molar-refractivity contribution in [2.45, 2.75) is 6.54 Å². The molecule has 0 fully saturated rings. The molecule has 90 valence electrons. The molecule has 0 unspecified atom stereocenters. The topological polar surface area (TPSA) is 37.2 Å². The molecule has 0 atom stereocenters. The fourth-order valence-electron chi connectivity index (χ4n) is 1.88. The summed E-state index contributed by atoms with van der Waals surface area (Å²) in [5.74, 6) is 0. The van der Waals surface area contributed by atoms with Gasteiger partial charge in [-0.05, 0) is 29.8 Å². The zero-order chi connectivity index (χ0) is 12.2. The zero-order valence-electron chi connectivity index (χ0n) is 9.89. The number of para-hydroxylation sites is 1. The van der Waals surface area contributed by atoms with Gasteiger partial charge in [0.25, 0.3) is 0 Å². The molecule has 2 N–H and O–H groups in total. The lowest BCUT2D eigenvalue weighted by Crippen LogP contribution is -2.20. The summed E-state index contributed by atoms with van der Waals surface area (Å²) in [6, 6.07) is 18.2. The second-order valence-electron chi connectivity index (χ2n) is 4.14. The Kier molecular flexibility index (Phi) is 2.98. The summed E-state index contributed by atoms with van der Waals surface area (Å²) in [6.07, 6.45) is 1.71. The minimum Gasteiger partial charge on any atom is -0.464 e.